The van der Waals surface area contributed by atoms with Crippen LogP contribution in [0.15, 0.2) is 0 Å². The maximum atomic E-state index is 11.9. The van der Waals surface area contributed by atoms with Gasteiger partial charge in [0.05, 0.1) is 6.10 Å². The number of nitrogens with one attached hydrogen (secondary N) is 1. The number of piperidine rings is 1. The lowest BCUT2D eigenvalue weighted by atomic mass is 9.96. The molecule has 1 heterocycles. The average molecular weight is 288 g/mol. The minimum atomic E-state index is -1.27. The Morgan fingerprint density at radius 3 is 2.50 bits per heavy atom. The van der Waals surface area contributed by atoms with Gasteiger partial charge in [-0.25, -0.2) is 9.59 Å². The zero-order valence-corrected chi connectivity index (χ0v) is 11.3. The van der Waals surface area contributed by atoms with Crippen molar-refractivity contribution in [2.24, 2.45) is 5.92 Å². The largest absolute Gasteiger partial charge is 0.481 e. The Labute approximate surface area is 116 Å². The Balaban J connectivity index is 2.53. The third-order valence-electron chi connectivity index (χ3n) is 3.45. The third-order valence-corrected chi connectivity index (χ3v) is 3.45. The fourth-order valence-corrected chi connectivity index (χ4v) is 2.00. The monoisotopic (exact) mass is 288 g/mol. The van der Waals surface area contributed by atoms with Crippen LogP contribution in [-0.2, 0) is 9.59 Å². The van der Waals surface area contributed by atoms with Gasteiger partial charge in [0.25, 0.3) is 0 Å². The van der Waals surface area contributed by atoms with Crippen LogP contribution in [0.1, 0.15) is 26.2 Å². The molecule has 0 bridgehead atoms. The van der Waals surface area contributed by atoms with Crippen molar-refractivity contribution in [1.29, 1.82) is 0 Å². The van der Waals surface area contributed by atoms with Crippen molar-refractivity contribution in [3.63, 3.8) is 0 Å². The molecule has 114 valence electrons. The highest BCUT2D eigenvalue weighted by molar-refractivity contribution is 5.83. The SMILES string of the molecule is CC1CCN(C(=O)NC(CCC(=O)O)C(=O)O)CC1O. The highest BCUT2D eigenvalue weighted by Gasteiger charge is 2.29. The van der Waals surface area contributed by atoms with Crippen molar-refractivity contribution < 1.29 is 29.7 Å². The standard InChI is InChI=1S/C12H20N2O6/c1-7-4-5-14(6-9(7)15)12(20)13-8(11(18)19)2-3-10(16)17/h7-9,15H,2-6H2,1H3,(H,13,20)(H,16,17)(H,18,19). The molecule has 1 rings (SSSR count). The molecule has 0 saturated carbocycles. The highest BCUT2D eigenvalue weighted by Crippen LogP contribution is 2.17. The van der Waals surface area contributed by atoms with Crippen LogP contribution in [0.2, 0.25) is 0 Å². The quantitative estimate of drug-likeness (QED) is 0.551. The van der Waals surface area contributed by atoms with E-state index in [-0.39, 0.29) is 25.3 Å². The Morgan fingerprint density at radius 2 is 2.00 bits per heavy atom. The van der Waals surface area contributed by atoms with Crippen molar-refractivity contribution in [2.45, 2.75) is 38.3 Å². The molecule has 8 nitrogen and oxygen atoms in total. The van der Waals surface area contributed by atoms with Gasteiger partial charge < -0.3 is 25.5 Å². The summed E-state index contributed by atoms with van der Waals surface area (Å²) < 4.78 is 0. The Bertz CT molecular complexity index is 386. The number of likely N-dealkylation sites (tertiary alicyclic amines) is 1. The molecule has 0 aromatic heterocycles. The van der Waals surface area contributed by atoms with Gasteiger partial charge in [-0.3, -0.25) is 4.79 Å². The van der Waals surface area contributed by atoms with Gasteiger partial charge in [-0.05, 0) is 18.8 Å². The first kappa shape index (κ1) is 16.2. The summed E-state index contributed by atoms with van der Waals surface area (Å²) in [5.74, 6) is -2.29. The van der Waals surface area contributed by atoms with E-state index in [1.807, 2.05) is 6.92 Å². The zero-order valence-electron chi connectivity index (χ0n) is 11.3. The summed E-state index contributed by atoms with van der Waals surface area (Å²) in [5.41, 5.74) is 0. The molecule has 0 aromatic rings. The predicted octanol–water partition coefficient (Wildman–Crippen LogP) is -0.283. The topological polar surface area (TPSA) is 127 Å². The van der Waals surface area contributed by atoms with E-state index in [2.05, 4.69) is 5.32 Å². The fraction of sp³-hybridized carbons (Fsp3) is 0.750. The molecule has 0 spiro atoms. The van der Waals surface area contributed by atoms with Gasteiger partial charge in [0, 0.05) is 19.5 Å². The Kier molecular flexibility index (Phi) is 5.75. The summed E-state index contributed by atoms with van der Waals surface area (Å²) in [6.45, 7) is 2.47. The van der Waals surface area contributed by atoms with E-state index in [0.717, 1.165) is 0 Å². The number of aliphatic carboxylic acids is 2. The van der Waals surface area contributed by atoms with Crippen LogP contribution >= 0.6 is 0 Å². The van der Waals surface area contributed by atoms with E-state index in [0.29, 0.717) is 13.0 Å². The number of amides is 2. The molecule has 1 saturated heterocycles. The molecule has 3 unspecified atom stereocenters. The smallest absolute Gasteiger partial charge is 0.326 e. The number of nitrogens with zero attached hydrogens (tertiary/aromatic N) is 1. The van der Waals surface area contributed by atoms with E-state index < -0.39 is 30.1 Å². The van der Waals surface area contributed by atoms with Gasteiger partial charge in [-0.15, -0.1) is 0 Å². The van der Waals surface area contributed by atoms with E-state index in [4.69, 9.17) is 10.2 Å². The van der Waals surface area contributed by atoms with Crippen LogP contribution in [0.4, 0.5) is 4.79 Å². The number of urea groups is 1. The summed E-state index contributed by atoms with van der Waals surface area (Å²) in [6, 6.07) is -1.83. The van der Waals surface area contributed by atoms with Crippen molar-refractivity contribution in [3.8, 4) is 0 Å². The Hall–Kier alpha value is -1.83. The second-order valence-corrected chi connectivity index (χ2v) is 5.05. The number of aliphatic hydroxyl groups is 1. The molecule has 8 heteroatoms. The molecule has 1 aliphatic heterocycles. The molecule has 1 aliphatic rings. The van der Waals surface area contributed by atoms with Crippen LogP contribution in [-0.4, -0.2) is 63.4 Å². The average Bonchev–Trinajstić information content (AvgIpc) is 2.36. The number of aliphatic hydroxyl groups excluding tert-OH is 1. The van der Waals surface area contributed by atoms with Gasteiger partial charge in [0.15, 0.2) is 0 Å². The molecule has 0 aliphatic carbocycles. The second kappa shape index (κ2) is 7.09. The van der Waals surface area contributed by atoms with Crippen molar-refractivity contribution in [1.82, 2.24) is 10.2 Å². The van der Waals surface area contributed by atoms with E-state index >= 15 is 0 Å². The van der Waals surface area contributed by atoms with E-state index in [9.17, 15) is 19.5 Å². The number of rotatable bonds is 5. The van der Waals surface area contributed by atoms with Crippen LogP contribution < -0.4 is 5.32 Å². The minimum absolute atomic E-state index is 0.0985. The molecular formula is C12H20N2O6. The fourth-order valence-electron chi connectivity index (χ4n) is 2.00. The molecule has 4 N–H and O–H groups in total. The summed E-state index contributed by atoms with van der Waals surface area (Å²) in [6.07, 6.45) is -0.501. The first-order chi connectivity index (χ1) is 9.31. The molecule has 0 aromatic carbocycles. The normalized spacial score (nSPS) is 24.0. The summed E-state index contributed by atoms with van der Waals surface area (Å²) in [7, 11) is 0. The zero-order chi connectivity index (χ0) is 15.3. The number of hydrogen-bond acceptors (Lipinski definition) is 4. The van der Waals surface area contributed by atoms with Crippen molar-refractivity contribution in [2.75, 3.05) is 13.1 Å². The number of hydrogen-bond donors (Lipinski definition) is 4. The molecule has 3 atom stereocenters. The molecule has 0 radical (unpaired) electrons. The first-order valence-corrected chi connectivity index (χ1v) is 6.49. The van der Waals surface area contributed by atoms with Crippen molar-refractivity contribution in [3.05, 3.63) is 0 Å². The molecule has 1 fully saturated rings. The van der Waals surface area contributed by atoms with Crippen LogP contribution in [0.25, 0.3) is 0 Å². The van der Waals surface area contributed by atoms with E-state index in [1.54, 1.807) is 0 Å². The number of carbonyl (C=O) groups excluding carboxylic acids is 1. The lowest BCUT2D eigenvalue weighted by Gasteiger charge is -2.34. The summed E-state index contributed by atoms with van der Waals surface area (Å²) in [4.78, 5) is 34.7. The first-order valence-electron chi connectivity index (χ1n) is 6.49. The van der Waals surface area contributed by atoms with Gasteiger partial charge in [-0.1, -0.05) is 6.92 Å². The van der Waals surface area contributed by atoms with Gasteiger partial charge in [0.2, 0.25) is 0 Å². The van der Waals surface area contributed by atoms with Crippen LogP contribution in [0.3, 0.4) is 0 Å². The lowest BCUT2D eigenvalue weighted by Crippen LogP contribution is -2.53. The summed E-state index contributed by atoms with van der Waals surface area (Å²) in [5, 5.41) is 29.5. The summed E-state index contributed by atoms with van der Waals surface area (Å²) >= 11 is 0. The Morgan fingerprint density at radius 1 is 1.35 bits per heavy atom. The maximum Gasteiger partial charge on any atom is 0.326 e. The maximum absolute atomic E-state index is 11.9. The third kappa shape index (κ3) is 4.69. The molecule has 2 amide bonds. The second-order valence-electron chi connectivity index (χ2n) is 5.05. The number of carboxylic acid groups (broad SMARTS) is 2. The van der Waals surface area contributed by atoms with Gasteiger partial charge >= 0.3 is 18.0 Å². The number of carboxylic acids is 2. The number of carbonyl (C=O) groups is 3. The van der Waals surface area contributed by atoms with E-state index in [1.165, 1.54) is 4.90 Å². The molecular weight excluding hydrogens is 268 g/mol. The van der Waals surface area contributed by atoms with Crippen molar-refractivity contribution >= 4 is 18.0 Å². The van der Waals surface area contributed by atoms with Gasteiger partial charge in [-0.2, -0.15) is 0 Å². The number of β-amino-alcohol motifs (C(OH)–C–C–N with tert-alkyl or cyclic N) is 1. The predicted molar refractivity (Wildman–Crippen MR) is 68.2 cm³/mol. The minimum Gasteiger partial charge on any atom is -0.481 e. The van der Waals surface area contributed by atoms with Crippen LogP contribution in [0.5, 0.6) is 0 Å². The van der Waals surface area contributed by atoms with Crippen LogP contribution in [0, 0.1) is 5.92 Å². The molecule has 20 heavy (non-hydrogen) atoms. The highest BCUT2D eigenvalue weighted by atomic mass is 16.4. The lowest BCUT2D eigenvalue weighted by molar-refractivity contribution is -0.140. The van der Waals surface area contributed by atoms with Gasteiger partial charge in [0.1, 0.15) is 6.04 Å².